The molecule has 6 nitrogen and oxygen atoms in total. The third-order valence-corrected chi connectivity index (χ3v) is 5.27. The van der Waals surface area contributed by atoms with E-state index in [1.165, 1.54) is 24.3 Å². The number of hydrogen-bond donors (Lipinski definition) is 1. The van der Waals surface area contributed by atoms with Crippen LogP contribution in [-0.4, -0.2) is 58.6 Å². The molecule has 1 aliphatic rings. The van der Waals surface area contributed by atoms with E-state index in [0.29, 0.717) is 19.6 Å². The quantitative estimate of drug-likeness (QED) is 0.781. The first-order valence-electron chi connectivity index (χ1n) is 9.68. The molecule has 0 saturated carbocycles. The summed E-state index contributed by atoms with van der Waals surface area (Å²) in [6.07, 6.45) is 0. The molecule has 0 bridgehead atoms. The standard InChI is InChI=1S/C22H24F2N2O4/c1-14-11-26(15(2)10-25(14)12-16-6-8-17(23)9-7-16)20(27)13-30-19-5-3-4-18(24)21(19)22(28)29/h3-9,14-15H,10-13H2,1-2H3,(H,28,29). The van der Waals surface area contributed by atoms with E-state index in [1.54, 1.807) is 17.0 Å². The summed E-state index contributed by atoms with van der Waals surface area (Å²) in [4.78, 5) is 27.8. The molecule has 160 valence electrons. The summed E-state index contributed by atoms with van der Waals surface area (Å²) >= 11 is 0. The molecule has 0 radical (unpaired) electrons. The van der Waals surface area contributed by atoms with Gasteiger partial charge >= 0.3 is 5.97 Å². The van der Waals surface area contributed by atoms with Gasteiger partial charge in [0.2, 0.25) is 0 Å². The second-order valence-corrected chi connectivity index (χ2v) is 7.51. The van der Waals surface area contributed by atoms with Crippen molar-refractivity contribution < 1.29 is 28.2 Å². The Labute approximate surface area is 173 Å². The number of carbonyl (C=O) groups excluding carboxylic acids is 1. The molecule has 0 aliphatic carbocycles. The average molecular weight is 418 g/mol. The molecule has 1 amide bonds. The van der Waals surface area contributed by atoms with Crippen molar-refractivity contribution in [2.75, 3.05) is 19.7 Å². The van der Waals surface area contributed by atoms with E-state index in [-0.39, 0.29) is 36.2 Å². The zero-order chi connectivity index (χ0) is 21.8. The van der Waals surface area contributed by atoms with Crippen molar-refractivity contribution >= 4 is 11.9 Å². The van der Waals surface area contributed by atoms with Crippen LogP contribution in [0.1, 0.15) is 29.8 Å². The van der Waals surface area contributed by atoms with E-state index in [9.17, 15) is 18.4 Å². The number of carboxylic acid groups (broad SMARTS) is 1. The molecule has 0 aromatic heterocycles. The monoisotopic (exact) mass is 418 g/mol. The topological polar surface area (TPSA) is 70.1 Å². The van der Waals surface area contributed by atoms with Gasteiger partial charge in [-0.2, -0.15) is 0 Å². The molecule has 2 unspecified atom stereocenters. The number of halogens is 2. The molecule has 30 heavy (non-hydrogen) atoms. The number of aromatic carboxylic acids is 1. The summed E-state index contributed by atoms with van der Waals surface area (Å²) < 4.78 is 32.2. The lowest BCUT2D eigenvalue weighted by Gasteiger charge is -2.44. The zero-order valence-corrected chi connectivity index (χ0v) is 16.8. The Bertz CT molecular complexity index is 920. The fourth-order valence-electron chi connectivity index (χ4n) is 3.64. The van der Waals surface area contributed by atoms with Crippen molar-refractivity contribution in [2.45, 2.75) is 32.5 Å². The van der Waals surface area contributed by atoms with Crippen LogP contribution >= 0.6 is 0 Å². The molecule has 3 rings (SSSR count). The molecule has 1 aliphatic heterocycles. The zero-order valence-electron chi connectivity index (χ0n) is 16.8. The van der Waals surface area contributed by atoms with Gasteiger partial charge < -0.3 is 14.7 Å². The van der Waals surface area contributed by atoms with Crippen LogP contribution in [0.2, 0.25) is 0 Å². The van der Waals surface area contributed by atoms with Gasteiger partial charge in [-0.25, -0.2) is 13.6 Å². The fraction of sp³-hybridized carbons (Fsp3) is 0.364. The second-order valence-electron chi connectivity index (χ2n) is 7.51. The highest BCUT2D eigenvalue weighted by Crippen LogP contribution is 2.23. The minimum atomic E-state index is -1.45. The molecule has 2 aromatic rings. The number of amides is 1. The van der Waals surface area contributed by atoms with Crippen molar-refractivity contribution in [1.82, 2.24) is 9.80 Å². The van der Waals surface area contributed by atoms with Crippen LogP contribution in [0.15, 0.2) is 42.5 Å². The first-order valence-corrected chi connectivity index (χ1v) is 9.68. The van der Waals surface area contributed by atoms with E-state index < -0.39 is 17.3 Å². The largest absolute Gasteiger partial charge is 0.483 e. The van der Waals surface area contributed by atoms with Crippen molar-refractivity contribution in [3.8, 4) is 5.75 Å². The number of rotatable bonds is 6. The summed E-state index contributed by atoms with van der Waals surface area (Å²) in [5.41, 5.74) is 0.404. The minimum absolute atomic E-state index is 0.0685. The Balaban J connectivity index is 1.61. The number of benzene rings is 2. The third kappa shape index (κ3) is 4.94. The van der Waals surface area contributed by atoms with Gasteiger partial charge in [-0.3, -0.25) is 9.69 Å². The number of ether oxygens (including phenoxy) is 1. The van der Waals surface area contributed by atoms with E-state index in [4.69, 9.17) is 9.84 Å². The van der Waals surface area contributed by atoms with Gasteiger partial charge in [0.15, 0.2) is 6.61 Å². The van der Waals surface area contributed by atoms with Gasteiger partial charge in [-0.15, -0.1) is 0 Å². The van der Waals surface area contributed by atoms with Crippen molar-refractivity contribution in [3.63, 3.8) is 0 Å². The molecule has 1 fully saturated rings. The van der Waals surface area contributed by atoms with Crippen LogP contribution in [0, 0.1) is 11.6 Å². The Hall–Kier alpha value is -3.00. The van der Waals surface area contributed by atoms with Crippen molar-refractivity contribution in [1.29, 1.82) is 0 Å². The van der Waals surface area contributed by atoms with Crippen LogP contribution in [0.5, 0.6) is 5.75 Å². The maximum atomic E-state index is 13.8. The molecule has 1 N–H and O–H groups in total. The summed E-state index contributed by atoms with van der Waals surface area (Å²) in [5, 5.41) is 9.16. The normalized spacial score (nSPS) is 19.5. The summed E-state index contributed by atoms with van der Waals surface area (Å²) in [5.74, 6) is -3.11. The molecular formula is C22H24F2N2O4. The third-order valence-electron chi connectivity index (χ3n) is 5.27. The Kier molecular flexibility index (Phi) is 6.66. The van der Waals surface area contributed by atoms with Gasteiger partial charge in [0, 0.05) is 31.7 Å². The lowest BCUT2D eigenvalue weighted by atomic mass is 10.1. The van der Waals surface area contributed by atoms with Gasteiger partial charge in [0.25, 0.3) is 5.91 Å². The maximum absolute atomic E-state index is 13.8. The van der Waals surface area contributed by atoms with E-state index in [0.717, 1.165) is 11.6 Å². The Morgan fingerprint density at radius 3 is 2.43 bits per heavy atom. The Morgan fingerprint density at radius 1 is 1.07 bits per heavy atom. The summed E-state index contributed by atoms with van der Waals surface area (Å²) in [6, 6.07) is 10.0. The number of nitrogens with zero attached hydrogens (tertiary/aromatic N) is 2. The predicted molar refractivity (Wildman–Crippen MR) is 106 cm³/mol. The molecule has 2 aromatic carbocycles. The van der Waals surface area contributed by atoms with Crippen LogP contribution < -0.4 is 4.74 Å². The smallest absolute Gasteiger partial charge is 0.342 e. The van der Waals surface area contributed by atoms with Crippen molar-refractivity contribution in [2.24, 2.45) is 0 Å². The first kappa shape index (κ1) is 21.7. The Morgan fingerprint density at radius 2 is 1.77 bits per heavy atom. The van der Waals surface area contributed by atoms with Crippen LogP contribution in [0.3, 0.4) is 0 Å². The summed E-state index contributed by atoms with van der Waals surface area (Å²) in [6.45, 7) is 5.30. The van der Waals surface area contributed by atoms with Crippen LogP contribution in [0.4, 0.5) is 8.78 Å². The molecule has 8 heteroatoms. The predicted octanol–water partition coefficient (Wildman–Crippen LogP) is 3.16. The van der Waals surface area contributed by atoms with Crippen LogP contribution in [-0.2, 0) is 11.3 Å². The molecule has 2 atom stereocenters. The molecule has 1 saturated heterocycles. The van der Waals surface area contributed by atoms with Gasteiger partial charge in [0.05, 0.1) is 0 Å². The highest BCUT2D eigenvalue weighted by Gasteiger charge is 2.32. The highest BCUT2D eigenvalue weighted by atomic mass is 19.1. The highest BCUT2D eigenvalue weighted by molar-refractivity contribution is 5.91. The molecular weight excluding hydrogens is 394 g/mol. The van der Waals surface area contributed by atoms with Crippen molar-refractivity contribution in [3.05, 3.63) is 65.2 Å². The van der Waals surface area contributed by atoms with E-state index in [2.05, 4.69) is 4.90 Å². The lowest BCUT2D eigenvalue weighted by Crippen LogP contribution is -2.58. The number of hydrogen-bond acceptors (Lipinski definition) is 4. The summed E-state index contributed by atoms with van der Waals surface area (Å²) in [7, 11) is 0. The number of carbonyl (C=O) groups is 2. The second kappa shape index (κ2) is 9.21. The van der Waals surface area contributed by atoms with E-state index >= 15 is 0 Å². The maximum Gasteiger partial charge on any atom is 0.342 e. The molecule has 1 heterocycles. The lowest BCUT2D eigenvalue weighted by molar-refractivity contribution is -0.139. The first-order chi connectivity index (χ1) is 14.3. The van der Waals surface area contributed by atoms with Gasteiger partial charge in [-0.1, -0.05) is 18.2 Å². The molecule has 0 spiro atoms. The van der Waals surface area contributed by atoms with Gasteiger partial charge in [-0.05, 0) is 43.7 Å². The average Bonchev–Trinajstić information content (AvgIpc) is 2.70. The number of carboxylic acids is 1. The minimum Gasteiger partial charge on any atom is -0.483 e. The number of piperazine rings is 1. The van der Waals surface area contributed by atoms with E-state index in [1.807, 2.05) is 13.8 Å². The van der Waals surface area contributed by atoms with Gasteiger partial charge in [0.1, 0.15) is 22.9 Å². The SMILES string of the molecule is CC1CN(C(=O)COc2cccc(F)c2C(=O)O)C(C)CN1Cc1ccc(F)cc1. The van der Waals surface area contributed by atoms with Crippen LogP contribution in [0.25, 0.3) is 0 Å². The fourth-order valence-corrected chi connectivity index (χ4v) is 3.64.